The fraction of sp³-hybridized carbons (Fsp3) is 0. The molecule has 0 atom stereocenters. The molecule has 0 spiro atoms. The Morgan fingerprint density at radius 3 is 1.37 bits per heavy atom. The highest BCUT2D eigenvalue weighted by atomic mass is 16.3. The third kappa shape index (κ3) is 6.55. The van der Waals surface area contributed by atoms with E-state index in [9.17, 15) is 0 Å². The van der Waals surface area contributed by atoms with Gasteiger partial charge in [-0.25, -0.2) is 0 Å². The smallest absolute Gasteiger partial charge is 0.136 e. The summed E-state index contributed by atoms with van der Waals surface area (Å²) < 4.78 is 8.59. The molecule has 63 heavy (non-hydrogen) atoms. The third-order valence-corrected chi connectivity index (χ3v) is 12.4. The second kappa shape index (κ2) is 15.3. The van der Waals surface area contributed by atoms with E-state index >= 15 is 0 Å². The van der Waals surface area contributed by atoms with Gasteiger partial charge in [0.1, 0.15) is 11.2 Å². The Hall–Kier alpha value is -8.40. The van der Waals surface area contributed by atoms with Gasteiger partial charge in [0, 0.05) is 44.3 Å². The van der Waals surface area contributed by atoms with E-state index in [0.29, 0.717) is 0 Å². The lowest BCUT2D eigenvalue weighted by atomic mass is 9.99. The minimum atomic E-state index is 0.907. The minimum Gasteiger partial charge on any atom is -0.456 e. The zero-order valence-electron chi connectivity index (χ0n) is 34.4. The van der Waals surface area contributed by atoms with Crippen molar-refractivity contribution in [2.45, 2.75) is 0 Å². The van der Waals surface area contributed by atoms with Crippen molar-refractivity contribution in [2.75, 3.05) is 4.90 Å². The second-order valence-corrected chi connectivity index (χ2v) is 16.2. The molecule has 296 valence electrons. The summed E-state index contributed by atoms with van der Waals surface area (Å²) in [6, 6.07) is 87.2. The Labute approximate surface area is 366 Å². The molecule has 0 aliphatic rings. The molecule has 12 rings (SSSR count). The molecular formula is C60H40N2O. The number of anilines is 3. The van der Waals surface area contributed by atoms with Gasteiger partial charge in [-0.3, -0.25) is 0 Å². The van der Waals surface area contributed by atoms with Gasteiger partial charge < -0.3 is 13.9 Å². The van der Waals surface area contributed by atoms with Crippen LogP contribution in [0.5, 0.6) is 0 Å². The van der Waals surface area contributed by atoms with Gasteiger partial charge in [0.2, 0.25) is 0 Å². The molecule has 0 radical (unpaired) electrons. The maximum Gasteiger partial charge on any atom is 0.136 e. The lowest BCUT2D eigenvalue weighted by Crippen LogP contribution is -2.10. The predicted octanol–water partition coefficient (Wildman–Crippen LogP) is 16.8. The zero-order valence-corrected chi connectivity index (χ0v) is 34.4. The quantitative estimate of drug-likeness (QED) is 0.153. The number of benzene rings is 10. The SMILES string of the molecule is c1ccc(-c2ccc(-c3cccc(N(c4ccc(-c5ccc(-c6ccc7c(c6)oc6ccccc67)cc5)cc4)c4cccc(-n5c6ccccc6c6ccccc65)c4)c3)cc2)cc1. The van der Waals surface area contributed by atoms with Crippen molar-refractivity contribution in [1.29, 1.82) is 0 Å². The van der Waals surface area contributed by atoms with E-state index in [0.717, 1.165) is 72.5 Å². The van der Waals surface area contributed by atoms with Crippen molar-refractivity contribution in [3.63, 3.8) is 0 Å². The van der Waals surface area contributed by atoms with Gasteiger partial charge >= 0.3 is 0 Å². The summed E-state index contributed by atoms with van der Waals surface area (Å²) in [4.78, 5) is 2.38. The Bertz CT molecular complexity index is 3550. The van der Waals surface area contributed by atoms with Gasteiger partial charge in [-0.15, -0.1) is 0 Å². The summed E-state index contributed by atoms with van der Waals surface area (Å²) in [5.74, 6) is 0. The summed E-state index contributed by atoms with van der Waals surface area (Å²) >= 11 is 0. The van der Waals surface area contributed by atoms with Crippen molar-refractivity contribution >= 4 is 60.8 Å². The van der Waals surface area contributed by atoms with Gasteiger partial charge in [-0.1, -0.05) is 170 Å². The molecule has 0 N–H and O–H groups in total. The standard InChI is InChI=1S/C60H40N2O/c1-2-12-41(13-3-1)42-24-28-45(29-25-42)47-14-10-15-50(38-47)61(51-16-11-17-52(40-51)62-57-21-7-4-18-53(57)54-19-5-8-22-58(54)62)49-35-32-44(33-36-49)43-26-30-46(31-27-43)48-34-37-56-55-20-6-9-23-59(55)63-60(56)39-48/h1-40H. The van der Waals surface area contributed by atoms with Crippen LogP contribution in [-0.2, 0) is 0 Å². The van der Waals surface area contributed by atoms with Gasteiger partial charge in [-0.05, 0) is 117 Å². The first-order valence-corrected chi connectivity index (χ1v) is 21.5. The number of rotatable bonds is 8. The minimum absolute atomic E-state index is 0.907. The summed E-state index contributed by atoms with van der Waals surface area (Å²) in [6.07, 6.45) is 0. The molecule has 0 aliphatic carbocycles. The normalized spacial score (nSPS) is 11.5. The van der Waals surface area contributed by atoms with Crippen LogP contribution in [0.4, 0.5) is 17.1 Å². The van der Waals surface area contributed by atoms with Gasteiger partial charge in [0.05, 0.1) is 11.0 Å². The Kier molecular flexibility index (Phi) is 8.83. The predicted molar refractivity (Wildman–Crippen MR) is 264 cm³/mol. The number of furan rings is 1. The van der Waals surface area contributed by atoms with Crippen LogP contribution >= 0.6 is 0 Å². The van der Waals surface area contributed by atoms with Crippen LogP contribution in [0.1, 0.15) is 0 Å². The van der Waals surface area contributed by atoms with Crippen LogP contribution in [0.15, 0.2) is 247 Å². The van der Waals surface area contributed by atoms with E-state index in [4.69, 9.17) is 4.42 Å². The highest BCUT2D eigenvalue weighted by molar-refractivity contribution is 6.09. The maximum atomic E-state index is 6.20. The average molecular weight is 805 g/mol. The van der Waals surface area contributed by atoms with Crippen LogP contribution in [0, 0.1) is 0 Å². The van der Waals surface area contributed by atoms with Crippen LogP contribution < -0.4 is 4.90 Å². The van der Waals surface area contributed by atoms with Gasteiger partial charge in [0.25, 0.3) is 0 Å². The monoisotopic (exact) mass is 804 g/mol. The third-order valence-electron chi connectivity index (χ3n) is 12.4. The zero-order chi connectivity index (χ0) is 41.7. The number of nitrogens with zero attached hydrogens (tertiary/aromatic N) is 2. The maximum absolute atomic E-state index is 6.20. The number of aromatic nitrogens is 1. The molecular weight excluding hydrogens is 765 g/mol. The van der Waals surface area contributed by atoms with Crippen molar-refractivity contribution in [2.24, 2.45) is 0 Å². The van der Waals surface area contributed by atoms with Crippen molar-refractivity contribution < 1.29 is 4.42 Å². The first kappa shape index (κ1) is 36.5. The topological polar surface area (TPSA) is 21.3 Å². The Morgan fingerprint density at radius 2 is 0.714 bits per heavy atom. The molecule has 10 aromatic carbocycles. The average Bonchev–Trinajstić information content (AvgIpc) is 3.90. The summed E-state index contributed by atoms with van der Waals surface area (Å²) in [6.45, 7) is 0. The lowest BCUT2D eigenvalue weighted by Gasteiger charge is -2.27. The van der Waals surface area contributed by atoms with E-state index in [1.165, 1.54) is 38.5 Å². The van der Waals surface area contributed by atoms with E-state index < -0.39 is 0 Å². The van der Waals surface area contributed by atoms with E-state index in [1.807, 2.05) is 12.1 Å². The van der Waals surface area contributed by atoms with Crippen LogP contribution in [0.3, 0.4) is 0 Å². The van der Waals surface area contributed by atoms with Gasteiger partial charge in [0.15, 0.2) is 0 Å². The largest absolute Gasteiger partial charge is 0.456 e. The number of hydrogen-bond donors (Lipinski definition) is 0. The molecule has 0 aliphatic heterocycles. The molecule has 3 nitrogen and oxygen atoms in total. The van der Waals surface area contributed by atoms with Crippen LogP contribution in [0.2, 0.25) is 0 Å². The number of para-hydroxylation sites is 3. The summed E-state index contributed by atoms with van der Waals surface area (Å²) in [5.41, 5.74) is 17.9. The first-order chi connectivity index (χ1) is 31.2. The lowest BCUT2D eigenvalue weighted by molar-refractivity contribution is 0.669. The van der Waals surface area contributed by atoms with Crippen molar-refractivity contribution in [3.05, 3.63) is 243 Å². The van der Waals surface area contributed by atoms with E-state index in [2.05, 4.69) is 240 Å². The molecule has 12 aromatic rings. The molecule has 0 saturated heterocycles. The summed E-state index contributed by atoms with van der Waals surface area (Å²) in [7, 11) is 0. The second-order valence-electron chi connectivity index (χ2n) is 16.2. The fourth-order valence-electron chi connectivity index (χ4n) is 9.29. The van der Waals surface area contributed by atoms with Crippen molar-refractivity contribution in [1.82, 2.24) is 4.57 Å². The molecule has 0 saturated carbocycles. The highest BCUT2D eigenvalue weighted by Crippen LogP contribution is 2.40. The van der Waals surface area contributed by atoms with Crippen LogP contribution in [0.25, 0.3) is 93.9 Å². The van der Waals surface area contributed by atoms with Crippen LogP contribution in [-0.4, -0.2) is 4.57 Å². The molecule has 2 heterocycles. The Balaban J connectivity index is 0.919. The molecule has 2 aromatic heterocycles. The first-order valence-electron chi connectivity index (χ1n) is 21.5. The molecule has 0 fully saturated rings. The Morgan fingerprint density at radius 1 is 0.270 bits per heavy atom. The van der Waals surface area contributed by atoms with Crippen molar-refractivity contribution in [3.8, 4) is 50.2 Å². The fourth-order valence-corrected chi connectivity index (χ4v) is 9.29. The van der Waals surface area contributed by atoms with E-state index in [-0.39, 0.29) is 0 Å². The van der Waals surface area contributed by atoms with Gasteiger partial charge in [-0.2, -0.15) is 0 Å². The number of fused-ring (bicyclic) bond motifs is 6. The number of hydrogen-bond acceptors (Lipinski definition) is 2. The molecule has 0 bridgehead atoms. The molecule has 0 unspecified atom stereocenters. The summed E-state index contributed by atoms with van der Waals surface area (Å²) in [5, 5.41) is 4.78. The molecule has 3 heteroatoms. The van der Waals surface area contributed by atoms with E-state index in [1.54, 1.807) is 0 Å². The highest BCUT2D eigenvalue weighted by Gasteiger charge is 2.18. The molecule has 0 amide bonds.